The van der Waals surface area contributed by atoms with E-state index in [1.165, 1.54) is 0 Å². The molecule has 1 unspecified atom stereocenters. The maximum atomic E-state index is 12.4. The molecule has 1 fully saturated rings. The van der Waals surface area contributed by atoms with Gasteiger partial charge in [-0.25, -0.2) is 4.98 Å². The van der Waals surface area contributed by atoms with E-state index in [9.17, 15) is 4.79 Å². The van der Waals surface area contributed by atoms with Gasteiger partial charge in [0, 0.05) is 26.4 Å². The Labute approximate surface area is 140 Å². The number of aromatic nitrogens is 3. The molecule has 1 aliphatic rings. The molecule has 0 aromatic carbocycles. The summed E-state index contributed by atoms with van der Waals surface area (Å²) in [6.07, 6.45) is 3.60. The zero-order chi connectivity index (χ0) is 16.8. The normalized spacial score (nSPS) is 17.7. The average Bonchev–Trinajstić information content (AvgIpc) is 3.08. The summed E-state index contributed by atoms with van der Waals surface area (Å²) in [7, 11) is 1.56. The number of methoxy groups -OCH3 is 1. The van der Waals surface area contributed by atoms with Gasteiger partial charge in [0.1, 0.15) is 12.4 Å². The van der Waals surface area contributed by atoms with Crippen LogP contribution in [0.2, 0.25) is 0 Å². The van der Waals surface area contributed by atoms with E-state index in [4.69, 9.17) is 9.26 Å². The fourth-order valence-corrected chi connectivity index (χ4v) is 2.80. The van der Waals surface area contributed by atoms with Gasteiger partial charge in [0.05, 0.1) is 12.5 Å². The van der Waals surface area contributed by atoms with Gasteiger partial charge in [0.15, 0.2) is 5.82 Å². The number of rotatable bonds is 6. The summed E-state index contributed by atoms with van der Waals surface area (Å²) in [5.41, 5.74) is 0. The Morgan fingerprint density at radius 2 is 2.42 bits per heavy atom. The van der Waals surface area contributed by atoms with Crippen LogP contribution >= 0.6 is 0 Å². The molecular weight excluding hydrogens is 310 g/mol. The van der Waals surface area contributed by atoms with Crippen molar-refractivity contribution in [2.24, 2.45) is 5.92 Å². The second kappa shape index (κ2) is 7.87. The number of ether oxygens (including phenoxy) is 1. The average molecular weight is 331 g/mol. The zero-order valence-corrected chi connectivity index (χ0v) is 13.6. The number of carbonyl (C=O) groups excluding carboxylic acids is 1. The molecule has 1 aliphatic heterocycles. The van der Waals surface area contributed by atoms with Crippen molar-refractivity contribution in [2.75, 3.05) is 25.1 Å². The molecule has 3 rings (SSSR count). The quantitative estimate of drug-likeness (QED) is 0.848. The summed E-state index contributed by atoms with van der Waals surface area (Å²) in [5, 5.41) is 6.64. The third-order valence-electron chi connectivity index (χ3n) is 3.96. The van der Waals surface area contributed by atoms with E-state index in [0.717, 1.165) is 25.2 Å². The number of nitrogens with zero attached hydrogens (tertiary/aromatic N) is 4. The Balaban J connectivity index is 1.52. The standard InChI is InChI=1S/C16H21N5O3/c1-23-11-13-19-15(24-20-13)9-18-16(22)12-5-4-8-21(10-12)14-6-2-3-7-17-14/h2-3,6-7,12H,4-5,8-11H2,1H3,(H,18,22). The maximum absolute atomic E-state index is 12.4. The first-order chi connectivity index (χ1) is 11.8. The van der Waals surface area contributed by atoms with Crippen LogP contribution in [0, 0.1) is 5.92 Å². The number of nitrogens with one attached hydrogen (secondary N) is 1. The SMILES string of the molecule is COCc1noc(CNC(=O)C2CCCN(c3ccccn3)C2)n1. The third-order valence-corrected chi connectivity index (χ3v) is 3.96. The van der Waals surface area contributed by atoms with E-state index in [2.05, 4.69) is 25.3 Å². The van der Waals surface area contributed by atoms with E-state index >= 15 is 0 Å². The summed E-state index contributed by atoms with van der Waals surface area (Å²) in [6, 6.07) is 5.81. The van der Waals surface area contributed by atoms with Gasteiger partial charge in [-0.15, -0.1) is 0 Å². The van der Waals surface area contributed by atoms with Crippen molar-refractivity contribution in [3.63, 3.8) is 0 Å². The molecule has 8 nitrogen and oxygen atoms in total. The molecule has 24 heavy (non-hydrogen) atoms. The van der Waals surface area contributed by atoms with Crippen LogP contribution in [0.3, 0.4) is 0 Å². The van der Waals surface area contributed by atoms with E-state index < -0.39 is 0 Å². The summed E-state index contributed by atoms with van der Waals surface area (Å²) in [5.74, 6) is 1.70. The van der Waals surface area contributed by atoms with Gasteiger partial charge in [-0.1, -0.05) is 11.2 Å². The molecule has 1 atom stereocenters. The zero-order valence-electron chi connectivity index (χ0n) is 13.6. The van der Waals surface area contributed by atoms with Crippen molar-refractivity contribution in [3.05, 3.63) is 36.1 Å². The maximum Gasteiger partial charge on any atom is 0.246 e. The van der Waals surface area contributed by atoms with Gasteiger partial charge in [-0.05, 0) is 25.0 Å². The molecule has 128 valence electrons. The van der Waals surface area contributed by atoms with Crippen molar-refractivity contribution in [3.8, 4) is 0 Å². The summed E-state index contributed by atoms with van der Waals surface area (Å²) < 4.78 is 10.0. The molecule has 1 amide bonds. The first-order valence-electron chi connectivity index (χ1n) is 8.00. The predicted molar refractivity (Wildman–Crippen MR) is 86.0 cm³/mol. The Bertz CT molecular complexity index is 661. The summed E-state index contributed by atoms with van der Waals surface area (Å²) >= 11 is 0. The predicted octanol–water partition coefficient (Wildman–Crippen LogP) is 1.14. The highest BCUT2D eigenvalue weighted by Gasteiger charge is 2.26. The number of piperidine rings is 1. The molecule has 0 spiro atoms. The molecule has 0 saturated carbocycles. The third kappa shape index (κ3) is 4.08. The molecule has 3 heterocycles. The smallest absolute Gasteiger partial charge is 0.246 e. The van der Waals surface area contributed by atoms with Gasteiger partial charge in [0.25, 0.3) is 0 Å². The Morgan fingerprint density at radius 1 is 1.50 bits per heavy atom. The number of hydrogen-bond acceptors (Lipinski definition) is 7. The van der Waals surface area contributed by atoms with E-state index in [1.807, 2.05) is 18.2 Å². The highest BCUT2D eigenvalue weighted by Crippen LogP contribution is 2.21. The Kier molecular flexibility index (Phi) is 5.37. The lowest BCUT2D eigenvalue weighted by molar-refractivity contribution is -0.125. The minimum atomic E-state index is -0.0675. The van der Waals surface area contributed by atoms with Crippen LogP contribution < -0.4 is 10.2 Å². The number of hydrogen-bond donors (Lipinski definition) is 1. The van der Waals surface area contributed by atoms with Crippen LogP contribution in [0.4, 0.5) is 5.82 Å². The van der Waals surface area contributed by atoms with Gasteiger partial charge in [-0.3, -0.25) is 4.79 Å². The van der Waals surface area contributed by atoms with Crippen LogP contribution in [0.1, 0.15) is 24.6 Å². The first kappa shape index (κ1) is 16.4. The Hall–Kier alpha value is -2.48. The molecule has 0 radical (unpaired) electrons. The Morgan fingerprint density at radius 3 is 3.21 bits per heavy atom. The number of amides is 1. The van der Waals surface area contributed by atoms with Crippen LogP contribution in [-0.2, 0) is 22.7 Å². The van der Waals surface area contributed by atoms with Gasteiger partial charge in [0.2, 0.25) is 11.8 Å². The van der Waals surface area contributed by atoms with Gasteiger partial charge < -0.3 is 19.5 Å². The summed E-state index contributed by atoms with van der Waals surface area (Å²) in [6.45, 7) is 2.11. The molecule has 8 heteroatoms. The largest absolute Gasteiger partial charge is 0.377 e. The van der Waals surface area contributed by atoms with Crippen LogP contribution in [0.5, 0.6) is 0 Å². The van der Waals surface area contributed by atoms with Gasteiger partial charge in [-0.2, -0.15) is 4.98 Å². The molecule has 0 bridgehead atoms. The summed E-state index contributed by atoms with van der Waals surface area (Å²) in [4.78, 5) is 23.1. The van der Waals surface area contributed by atoms with Crippen LogP contribution in [0.15, 0.2) is 28.9 Å². The molecular formula is C16H21N5O3. The minimum Gasteiger partial charge on any atom is -0.377 e. The van der Waals surface area contributed by atoms with E-state index in [1.54, 1.807) is 13.3 Å². The molecule has 2 aromatic rings. The van der Waals surface area contributed by atoms with Crippen molar-refractivity contribution < 1.29 is 14.1 Å². The number of anilines is 1. The lowest BCUT2D eigenvalue weighted by atomic mass is 9.97. The van der Waals surface area contributed by atoms with Gasteiger partial charge >= 0.3 is 0 Å². The second-order valence-corrected chi connectivity index (χ2v) is 5.73. The molecule has 1 N–H and O–H groups in total. The fourth-order valence-electron chi connectivity index (χ4n) is 2.80. The monoisotopic (exact) mass is 331 g/mol. The first-order valence-corrected chi connectivity index (χ1v) is 8.00. The van der Waals surface area contributed by atoms with Crippen molar-refractivity contribution in [1.82, 2.24) is 20.4 Å². The highest BCUT2D eigenvalue weighted by atomic mass is 16.5. The van der Waals surface area contributed by atoms with E-state index in [-0.39, 0.29) is 18.4 Å². The van der Waals surface area contributed by atoms with Crippen molar-refractivity contribution in [1.29, 1.82) is 0 Å². The fraction of sp³-hybridized carbons (Fsp3) is 0.500. The van der Waals surface area contributed by atoms with Crippen molar-refractivity contribution >= 4 is 11.7 Å². The topological polar surface area (TPSA) is 93.4 Å². The van der Waals surface area contributed by atoms with Crippen LogP contribution in [0.25, 0.3) is 0 Å². The van der Waals surface area contributed by atoms with E-state index in [0.29, 0.717) is 24.9 Å². The highest BCUT2D eigenvalue weighted by molar-refractivity contribution is 5.79. The molecule has 0 aliphatic carbocycles. The number of pyridine rings is 1. The second-order valence-electron chi connectivity index (χ2n) is 5.73. The van der Waals surface area contributed by atoms with Crippen molar-refractivity contribution in [2.45, 2.75) is 26.0 Å². The number of carbonyl (C=O) groups is 1. The minimum absolute atomic E-state index is 0.00197. The lowest BCUT2D eigenvalue weighted by Gasteiger charge is -2.32. The lowest BCUT2D eigenvalue weighted by Crippen LogP contribution is -2.43. The molecule has 1 saturated heterocycles. The van der Waals surface area contributed by atoms with Crippen LogP contribution in [-0.4, -0.2) is 41.2 Å². The molecule has 2 aromatic heterocycles.